The Bertz CT molecular complexity index is 215. The third-order valence-electron chi connectivity index (χ3n) is 2.76. The van der Waals surface area contributed by atoms with Crippen molar-refractivity contribution in [2.45, 2.75) is 52.9 Å². The van der Waals surface area contributed by atoms with Crippen LogP contribution in [0.25, 0.3) is 0 Å². The van der Waals surface area contributed by atoms with Crippen molar-refractivity contribution in [1.82, 2.24) is 5.32 Å². The SMILES string of the molecule is CCCCCCC(C)(C)C(=O)NCCN=O. The Morgan fingerprint density at radius 2 is 1.94 bits per heavy atom. The lowest BCUT2D eigenvalue weighted by atomic mass is 9.86. The zero-order valence-corrected chi connectivity index (χ0v) is 10.7. The fourth-order valence-electron chi connectivity index (χ4n) is 1.56. The monoisotopic (exact) mass is 228 g/mol. The van der Waals surface area contributed by atoms with Gasteiger partial charge >= 0.3 is 0 Å². The highest BCUT2D eigenvalue weighted by Gasteiger charge is 2.26. The molecule has 4 nitrogen and oxygen atoms in total. The summed E-state index contributed by atoms with van der Waals surface area (Å²) in [5.41, 5.74) is -0.337. The summed E-state index contributed by atoms with van der Waals surface area (Å²) in [5.74, 6) is 0.0210. The molecular weight excluding hydrogens is 204 g/mol. The van der Waals surface area contributed by atoms with E-state index >= 15 is 0 Å². The van der Waals surface area contributed by atoms with Gasteiger partial charge in [-0.15, -0.1) is 0 Å². The van der Waals surface area contributed by atoms with Crippen LogP contribution in [0.2, 0.25) is 0 Å². The van der Waals surface area contributed by atoms with Crippen LogP contribution in [-0.2, 0) is 4.79 Å². The smallest absolute Gasteiger partial charge is 0.225 e. The molecule has 1 amide bonds. The minimum Gasteiger partial charge on any atom is -0.354 e. The van der Waals surface area contributed by atoms with Gasteiger partial charge in [0.05, 0.1) is 6.54 Å². The van der Waals surface area contributed by atoms with Gasteiger partial charge in [0, 0.05) is 12.0 Å². The summed E-state index contributed by atoms with van der Waals surface area (Å²) in [6.07, 6.45) is 5.60. The topological polar surface area (TPSA) is 58.5 Å². The number of amides is 1. The van der Waals surface area contributed by atoms with E-state index in [9.17, 15) is 9.70 Å². The lowest BCUT2D eigenvalue weighted by molar-refractivity contribution is -0.129. The number of hydrogen-bond acceptors (Lipinski definition) is 3. The molecule has 0 fully saturated rings. The van der Waals surface area contributed by atoms with E-state index in [4.69, 9.17) is 0 Å². The Labute approximate surface area is 98.2 Å². The van der Waals surface area contributed by atoms with Crippen LogP contribution < -0.4 is 5.32 Å². The molecule has 0 aromatic heterocycles. The molecule has 0 spiro atoms. The van der Waals surface area contributed by atoms with Crippen LogP contribution in [0.5, 0.6) is 0 Å². The van der Waals surface area contributed by atoms with Crippen molar-refractivity contribution in [1.29, 1.82) is 0 Å². The fraction of sp³-hybridized carbons (Fsp3) is 0.917. The van der Waals surface area contributed by atoms with Crippen LogP contribution in [0.15, 0.2) is 5.18 Å². The van der Waals surface area contributed by atoms with Crippen molar-refractivity contribution in [3.8, 4) is 0 Å². The summed E-state index contributed by atoms with van der Waals surface area (Å²) in [5, 5.41) is 5.44. The maximum absolute atomic E-state index is 11.7. The van der Waals surface area contributed by atoms with Gasteiger partial charge in [-0.2, -0.15) is 4.91 Å². The molecule has 0 aromatic carbocycles. The Morgan fingerprint density at radius 3 is 2.50 bits per heavy atom. The van der Waals surface area contributed by atoms with Crippen molar-refractivity contribution < 1.29 is 4.79 Å². The van der Waals surface area contributed by atoms with Crippen molar-refractivity contribution in [2.75, 3.05) is 13.1 Å². The van der Waals surface area contributed by atoms with Crippen molar-refractivity contribution >= 4 is 5.91 Å². The molecule has 94 valence electrons. The van der Waals surface area contributed by atoms with Gasteiger partial charge in [-0.25, -0.2) is 0 Å². The van der Waals surface area contributed by atoms with Gasteiger partial charge in [0.1, 0.15) is 0 Å². The highest BCUT2D eigenvalue weighted by Crippen LogP contribution is 2.24. The largest absolute Gasteiger partial charge is 0.354 e. The lowest BCUT2D eigenvalue weighted by Crippen LogP contribution is -2.38. The molecule has 0 aromatic rings. The predicted octanol–water partition coefficient (Wildman–Crippen LogP) is 2.87. The molecule has 0 heterocycles. The number of unbranched alkanes of at least 4 members (excludes halogenated alkanes) is 3. The van der Waals surface area contributed by atoms with E-state index in [1.807, 2.05) is 13.8 Å². The van der Waals surface area contributed by atoms with E-state index < -0.39 is 0 Å². The summed E-state index contributed by atoms with van der Waals surface area (Å²) in [4.78, 5) is 21.6. The number of nitroso groups, excluding NO2 is 1. The predicted molar refractivity (Wildman–Crippen MR) is 66.2 cm³/mol. The standard InChI is InChI=1S/C12H24N2O2/c1-4-5-6-7-8-12(2,3)11(15)13-9-10-14-16/h4-10H2,1-3H3,(H,13,15). The molecule has 0 rings (SSSR count). The van der Waals surface area contributed by atoms with E-state index in [-0.39, 0.29) is 17.9 Å². The summed E-state index contributed by atoms with van der Waals surface area (Å²) >= 11 is 0. The Hall–Kier alpha value is -0.930. The molecule has 0 saturated carbocycles. The first-order chi connectivity index (χ1) is 7.54. The Morgan fingerprint density at radius 1 is 1.25 bits per heavy atom. The van der Waals surface area contributed by atoms with Crippen LogP contribution in [0.4, 0.5) is 0 Å². The molecule has 16 heavy (non-hydrogen) atoms. The van der Waals surface area contributed by atoms with Gasteiger partial charge in [-0.1, -0.05) is 51.6 Å². The number of carbonyl (C=O) groups excluding carboxylic acids is 1. The fourth-order valence-corrected chi connectivity index (χ4v) is 1.56. The van der Waals surface area contributed by atoms with Crippen LogP contribution in [0.1, 0.15) is 52.9 Å². The molecule has 0 aliphatic heterocycles. The van der Waals surface area contributed by atoms with Gasteiger partial charge in [-0.3, -0.25) is 4.79 Å². The van der Waals surface area contributed by atoms with Crippen molar-refractivity contribution in [2.24, 2.45) is 10.6 Å². The molecule has 0 aliphatic rings. The summed E-state index contributed by atoms with van der Waals surface area (Å²) in [6, 6.07) is 0. The zero-order valence-electron chi connectivity index (χ0n) is 10.7. The average Bonchev–Trinajstić information content (AvgIpc) is 2.24. The number of hydrogen-bond donors (Lipinski definition) is 1. The molecule has 4 heteroatoms. The third-order valence-corrected chi connectivity index (χ3v) is 2.76. The number of rotatable bonds is 9. The second kappa shape index (κ2) is 8.25. The van der Waals surface area contributed by atoms with E-state index in [0.717, 1.165) is 12.8 Å². The molecule has 0 unspecified atom stereocenters. The molecular formula is C12H24N2O2. The van der Waals surface area contributed by atoms with Crippen LogP contribution in [0.3, 0.4) is 0 Å². The molecule has 0 bridgehead atoms. The maximum Gasteiger partial charge on any atom is 0.225 e. The van der Waals surface area contributed by atoms with E-state index in [0.29, 0.717) is 6.54 Å². The zero-order chi connectivity index (χ0) is 12.4. The Kier molecular flexibility index (Phi) is 7.77. The molecule has 0 saturated heterocycles. The van der Waals surface area contributed by atoms with Crippen LogP contribution >= 0.6 is 0 Å². The quantitative estimate of drug-likeness (QED) is 0.487. The van der Waals surface area contributed by atoms with Crippen LogP contribution in [-0.4, -0.2) is 19.0 Å². The van der Waals surface area contributed by atoms with Gasteiger partial charge in [0.15, 0.2) is 0 Å². The first-order valence-corrected chi connectivity index (χ1v) is 6.12. The first kappa shape index (κ1) is 15.1. The maximum atomic E-state index is 11.7. The second-order valence-electron chi connectivity index (χ2n) is 4.80. The lowest BCUT2D eigenvalue weighted by Gasteiger charge is -2.23. The normalized spacial score (nSPS) is 11.2. The molecule has 1 N–H and O–H groups in total. The average molecular weight is 228 g/mol. The minimum atomic E-state index is -0.337. The number of nitrogens with zero attached hydrogens (tertiary/aromatic N) is 1. The second-order valence-corrected chi connectivity index (χ2v) is 4.80. The third kappa shape index (κ3) is 6.53. The van der Waals surface area contributed by atoms with E-state index in [1.54, 1.807) is 0 Å². The number of nitrogens with one attached hydrogen (secondary N) is 1. The van der Waals surface area contributed by atoms with Crippen LogP contribution in [0, 0.1) is 10.3 Å². The van der Waals surface area contributed by atoms with E-state index in [2.05, 4.69) is 17.4 Å². The van der Waals surface area contributed by atoms with Gasteiger partial charge in [-0.05, 0) is 6.42 Å². The van der Waals surface area contributed by atoms with E-state index in [1.165, 1.54) is 19.3 Å². The molecule has 0 radical (unpaired) electrons. The van der Waals surface area contributed by atoms with Crippen molar-refractivity contribution in [3.05, 3.63) is 4.91 Å². The summed E-state index contributed by atoms with van der Waals surface area (Å²) < 4.78 is 0. The molecule has 0 aliphatic carbocycles. The first-order valence-electron chi connectivity index (χ1n) is 6.12. The Balaban J connectivity index is 3.81. The summed E-state index contributed by atoms with van der Waals surface area (Å²) in [7, 11) is 0. The van der Waals surface area contributed by atoms with Gasteiger partial charge in [0.25, 0.3) is 0 Å². The highest BCUT2D eigenvalue weighted by atomic mass is 16.3. The van der Waals surface area contributed by atoms with Crippen molar-refractivity contribution in [3.63, 3.8) is 0 Å². The summed E-state index contributed by atoms with van der Waals surface area (Å²) in [6.45, 7) is 6.56. The number of carbonyl (C=O) groups is 1. The molecule has 0 atom stereocenters. The van der Waals surface area contributed by atoms with Gasteiger partial charge in [0.2, 0.25) is 5.91 Å². The van der Waals surface area contributed by atoms with Gasteiger partial charge < -0.3 is 5.32 Å². The minimum absolute atomic E-state index is 0.0210. The highest BCUT2D eigenvalue weighted by molar-refractivity contribution is 5.81.